The Bertz CT molecular complexity index is 713. The zero-order chi connectivity index (χ0) is 15.5. The highest BCUT2D eigenvalue weighted by molar-refractivity contribution is 7.91. The zero-order valence-electron chi connectivity index (χ0n) is 11.4. The third kappa shape index (κ3) is 4.28. The van der Waals surface area contributed by atoms with Gasteiger partial charge in [-0.1, -0.05) is 23.7 Å². The smallest absolute Gasteiger partial charge is 0.250 e. The van der Waals surface area contributed by atoms with Gasteiger partial charge in [-0.15, -0.1) is 11.3 Å². The number of nitrogens with one attached hydrogen (secondary N) is 1. The summed E-state index contributed by atoms with van der Waals surface area (Å²) in [4.78, 5) is 0.841. The van der Waals surface area contributed by atoms with Crippen molar-refractivity contribution in [1.29, 1.82) is 0 Å². The van der Waals surface area contributed by atoms with E-state index in [-0.39, 0.29) is 16.9 Å². The van der Waals surface area contributed by atoms with Crippen molar-refractivity contribution in [3.8, 4) is 0 Å². The summed E-state index contributed by atoms with van der Waals surface area (Å²) >= 11 is 7.08. The highest BCUT2D eigenvalue weighted by atomic mass is 35.5. The Balaban J connectivity index is 2.16. The van der Waals surface area contributed by atoms with E-state index in [4.69, 9.17) is 16.7 Å². The van der Waals surface area contributed by atoms with Gasteiger partial charge in [-0.05, 0) is 36.8 Å². The first-order valence-electron chi connectivity index (χ1n) is 6.40. The summed E-state index contributed by atoms with van der Waals surface area (Å²) in [5.74, 6) is 0. The summed E-state index contributed by atoms with van der Waals surface area (Å²) in [6.07, 6.45) is 0.462. The van der Waals surface area contributed by atoms with Crippen LogP contribution in [0.4, 0.5) is 0 Å². The minimum absolute atomic E-state index is 0.00630. The van der Waals surface area contributed by atoms with E-state index in [1.807, 2.05) is 6.07 Å². The van der Waals surface area contributed by atoms with Crippen LogP contribution < -0.4 is 4.72 Å². The van der Waals surface area contributed by atoms with Crippen molar-refractivity contribution in [1.82, 2.24) is 4.72 Å². The molecule has 1 atom stereocenters. The minimum Gasteiger partial charge on any atom is -0.396 e. The average Bonchev–Trinajstić information content (AvgIpc) is 2.88. The summed E-state index contributed by atoms with van der Waals surface area (Å²) in [7, 11) is -3.57. The van der Waals surface area contributed by atoms with Crippen molar-refractivity contribution in [2.24, 2.45) is 0 Å². The van der Waals surface area contributed by atoms with Crippen molar-refractivity contribution in [2.75, 3.05) is 6.61 Å². The lowest BCUT2D eigenvalue weighted by Crippen LogP contribution is -2.26. The van der Waals surface area contributed by atoms with Crippen molar-refractivity contribution in [2.45, 2.75) is 23.6 Å². The molecule has 0 saturated heterocycles. The molecule has 2 rings (SSSR count). The van der Waals surface area contributed by atoms with Gasteiger partial charge in [0.25, 0.3) is 10.0 Å². The molecule has 7 heteroatoms. The Morgan fingerprint density at radius 2 is 2.10 bits per heavy atom. The maximum absolute atomic E-state index is 12.3. The van der Waals surface area contributed by atoms with Gasteiger partial charge < -0.3 is 5.11 Å². The summed E-state index contributed by atoms with van der Waals surface area (Å²) in [5, 5.41) is 9.45. The topological polar surface area (TPSA) is 66.4 Å². The number of sulfonamides is 1. The first kappa shape index (κ1) is 16.5. The molecule has 4 nitrogen and oxygen atoms in total. The van der Waals surface area contributed by atoms with Crippen LogP contribution in [0.3, 0.4) is 0 Å². The van der Waals surface area contributed by atoms with Crippen LogP contribution in [0.15, 0.2) is 40.6 Å². The van der Waals surface area contributed by atoms with Crippen molar-refractivity contribution in [3.63, 3.8) is 0 Å². The number of thiophene rings is 1. The van der Waals surface area contributed by atoms with Gasteiger partial charge in [-0.25, -0.2) is 13.1 Å². The van der Waals surface area contributed by atoms with Gasteiger partial charge in [0.2, 0.25) is 0 Å². The molecule has 2 aromatic rings. The molecule has 0 radical (unpaired) electrons. The van der Waals surface area contributed by atoms with Crippen LogP contribution in [0.2, 0.25) is 5.02 Å². The lowest BCUT2D eigenvalue weighted by Gasteiger charge is -2.14. The fourth-order valence-electron chi connectivity index (χ4n) is 1.88. The molecule has 1 heterocycles. The first-order valence-corrected chi connectivity index (χ1v) is 9.07. The average molecular weight is 346 g/mol. The maximum Gasteiger partial charge on any atom is 0.250 e. The highest BCUT2D eigenvalue weighted by Gasteiger charge is 2.20. The normalized spacial score (nSPS) is 13.3. The lowest BCUT2D eigenvalue weighted by molar-refractivity contribution is 0.300. The Labute approximate surface area is 133 Å². The molecule has 21 heavy (non-hydrogen) atoms. The third-order valence-corrected chi connectivity index (χ3v) is 6.35. The van der Waals surface area contributed by atoms with Gasteiger partial charge in [-0.3, -0.25) is 0 Å². The van der Waals surface area contributed by atoms with Gasteiger partial charge >= 0.3 is 0 Å². The van der Waals surface area contributed by atoms with E-state index < -0.39 is 10.0 Å². The van der Waals surface area contributed by atoms with E-state index in [0.717, 1.165) is 10.4 Å². The van der Waals surface area contributed by atoms with Crippen LogP contribution in [-0.2, 0) is 16.4 Å². The van der Waals surface area contributed by atoms with E-state index in [9.17, 15) is 8.42 Å². The molecule has 1 unspecified atom stereocenters. The molecule has 0 aliphatic carbocycles. The molecule has 0 saturated carbocycles. The first-order chi connectivity index (χ1) is 9.92. The SMILES string of the molecule is CC(NS(=O)(=O)c1ccc(CCO)s1)c1cccc(Cl)c1. The molecule has 1 aromatic carbocycles. The molecule has 1 aromatic heterocycles. The number of aliphatic hydroxyl groups excluding tert-OH is 1. The fraction of sp³-hybridized carbons (Fsp3) is 0.286. The van der Waals surface area contributed by atoms with E-state index in [1.54, 1.807) is 37.3 Å². The molecule has 0 aliphatic heterocycles. The van der Waals surface area contributed by atoms with E-state index >= 15 is 0 Å². The number of aliphatic hydroxyl groups is 1. The van der Waals surface area contributed by atoms with Crippen LogP contribution >= 0.6 is 22.9 Å². The molecular weight excluding hydrogens is 330 g/mol. The van der Waals surface area contributed by atoms with Crippen LogP contribution in [-0.4, -0.2) is 20.1 Å². The van der Waals surface area contributed by atoms with Gasteiger partial charge in [0.1, 0.15) is 4.21 Å². The summed E-state index contributed by atoms with van der Waals surface area (Å²) in [6.45, 7) is 1.78. The highest BCUT2D eigenvalue weighted by Crippen LogP contribution is 2.24. The van der Waals surface area contributed by atoms with E-state index in [1.165, 1.54) is 11.3 Å². The van der Waals surface area contributed by atoms with Gasteiger partial charge in [0, 0.05) is 29.0 Å². The number of rotatable bonds is 6. The van der Waals surface area contributed by atoms with Crippen molar-refractivity contribution >= 4 is 33.0 Å². The number of halogens is 1. The van der Waals surface area contributed by atoms with E-state index in [0.29, 0.717) is 11.4 Å². The largest absolute Gasteiger partial charge is 0.396 e. The van der Waals surface area contributed by atoms with Crippen LogP contribution in [0.1, 0.15) is 23.4 Å². The number of benzene rings is 1. The Hall–Kier alpha value is -0.920. The summed E-state index contributed by atoms with van der Waals surface area (Å²) in [6, 6.07) is 9.99. The molecule has 0 fully saturated rings. The van der Waals surface area contributed by atoms with Crippen LogP contribution in [0, 0.1) is 0 Å². The van der Waals surface area contributed by atoms with Gasteiger partial charge in [0.05, 0.1) is 0 Å². The molecular formula is C14H16ClNO3S2. The monoisotopic (exact) mass is 345 g/mol. The Kier molecular flexibility index (Phi) is 5.40. The Morgan fingerprint density at radius 3 is 2.76 bits per heavy atom. The quantitative estimate of drug-likeness (QED) is 0.845. The second kappa shape index (κ2) is 6.89. The van der Waals surface area contributed by atoms with Crippen molar-refractivity contribution < 1.29 is 13.5 Å². The zero-order valence-corrected chi connectivity index (χ0v) is 13.8. The third-order valence-electron chi connectivity index (χ3n) is 2.94. The molecule has 114 valence electrons. The van der Waals surface area contributed by atoms with Gasteiger partial charge in [-0.2, -0.15) is 0 Å². The molecule has 2 N–H and O–H groups in total. The minimum atomic E-state index is -3.57. The second-order valence-electron chi connectivity index (χ2n) is 4.59. The number of hydrogen-bond acceptors (Lipinski definition) is 4. The summed E-state index contributed by atoms with van der Waals surface area (Å²) < 4.78 is 27.5. The van der Waals surface area contributed by atoms with Crippen molar-refractivity contribution in [3.05, 3.63) is 51.9 Å². The second-order valence-corrected chi connectivity index (χ2v) is 8.14. The van der Waals surface area contributed by atoms with Crippen LogP contribution in [0.5, 0.6) is 0 Å². The van der Waals surface area contributed by atoms with E-state index in [2.05, 4.69) is 4.72 Å². The fourth-order valence-corrected chi connectivity index (χ4v) is 4.67. The standard InChI is InChI=1S/C14H16ClNO3S2/c1-10(11-3-2-4-12(15)9-11)16-21(18,19)14-6-5-13(20-14)7-8-17/h2-6,9-10,16-17H,7-8H2,1H3. The maximum atomic E-state index is 12.3. The Morgan fingerprint density at radius 1 is 1.33 bits per heavy atom. The molecule has 0 bridgehead atoms. The molecule has 0 spiro atoms. The molecule has 0 aliphatic rings. The molecule has 0 amide bonds. The summed E-state index contributed by atoms with van der Waals surface area (Å²) in [5.41, 5.74) is 0.804. The number of hydrogen-bond donors (Lipinski definition) is 2. The predicted molar refractivity (Wildman–Crippen MR) is 85.3 cm³/mol. The predicted octanol–water partition coefficient (Wildman–Crippen LogP) is 2.98. The lowest BCUT2D eigenvalue weighted by atomic mass is 10.1. The van der Waals surface area contributed by atoms with Crippen LogP contribution in [0.25, 0.3) is 0 Å². The van der Waals surface area contributed by atoms with Gasteiger partial charge in [0.15, 0.2) is 0 Å².